The van der Waals surface area contributed by atoms with Crippen molar-refractivity contribution in [2.75, 3.05) is 0 Å². The number of nitrogens with zero attached hydrogens (tertiary/aromatic N) is 7. The Morgan fingerprint density at radius 1 is 0.241 bits per heavy atom. The first-order chi connectivity index (χ1) is 12.1. The van der Waals surface area contributed by atoms with Crippen LogP contribution in [0.2, 0.25) is 0 Å². The fraction of sp³-hybridized carbons (Fsp3) is 0. The largest absolute Gasteiger partial charge is 7.00 e. The van der Waals surface area contributed by atoms with Gasteiger partial charge in [0.25, 0.3) is 0 Å². The Morgan fingerprint density at radius 2 is 0.241 bits per heavy atom. The van der Waals surface area contributed by atoms with Gasteiger partial charge < -0.3 is 107 Å². The van der Waals surface area contributed by atoms with E-state index in [0.717, 1.165) is 0 Å². The molecule has 0 heterocycles. The van der Waals surface area contributed by atoms with Crippen molar-refractivity contribution in [2.45, 2.75) is 0 Å². The van der Waals surface area contributed by atoms with Crippen LogP contribution in [-0.4, -0.2) is 35.6 Å². The predicted octanol–water partition coefficient (Wildman–Crippen LogP) is -1.68. The summed E-state index contributed by atoms with van der Waals surface area (Å²) in [5.74, 6) is 0. The Morgan fingerprint density at radius 3 is 0.241 bits per heavy atom. The second-order valence-corrected chi connectivity index (χ2v) is 1.57. The molecule has 0 aromatic rings. The summed E-state index contributed by atoms with van der Waals surface area (Å²) in [6.07, 6.45) is 0. The van der Waals surface area contributed by atoms with Gasteiger partial charge in [0, 0.05) is 0 Å². The van der Waals surface area contributed by atoms with Gasteiger partial charge in [-0.3, -0.25) is 0 Å². The summed E-state index contributed by atoms with van der Waals surface area (Å²) in [6.45, 7) is 0. The van der Waals surface area contributed by atoms with E-state index in [1.54, 1.807) is 0 Å². The van der Waals surface area contributed by atoms with E-state index in [9.17, 15) is 0 Å². The summed E-state index contributed by atoms with van der Waals surface area (Å²) in [4.78, 5) is 57.8. The van der Waals surface area contributed by atoms with Gasteiger partial charge >= 0.3 is 20.4 Å². The third-order valence-corrected chi connectivity index (χ3v) is 0. The maximum Gasteiger partial charge on any atom is 7.00 e. The first-order valence-electron chi connectivity index (χ1n) is 3.83. The minimum atomic E-state index is -1.75. The van der Waals surface area contributed by atoms with Crippen molar-refractivity contribution in [1.29, 1.82) is 0 Å². The zero-order valence-electron chi connectivity index (χ0n) is 12.1. The number of hydrogen-bond donors (Lipinski definition) is 0. The summed E-state index contributed by atoms with van der Waals surface area (Å²) < 4.78 is 0. The predicted molar refractivity (Wildman–Crippen MR) is 72.5 cm³/mol. The fourth-order valence-corrected chi connectivity index (χ4v) is 0. The zero-order valence-corrected chi connectivity index (χ0v) is 14.8. The third-order valence-electron chi connectivity index (χ3n) is 0. The summed E-state index contributed by atoms with van der Waals surface area (Å²) >= 11 is 0. The summed E-state index contributed by atoms with van der Waals surface area (Å²) in [5, 5.41) is 103. The van der Waals surface area contributed by atoms with Crippen molar-refractivity contribution in [3.63, 3.8) is 0 Å². The third kappa shape index (κ3) is 420. The van der Waals surface area contributed by atoms with Crippen LogP contribution in [0.4, 0.5) is 0 Å². The maximum atomic E-state index is 8.25. The van der Waals surface area contributed by atoms with Gasteiger partial charge in [0.05, 0.1) is 35.6 Å². The average Bonchev–Trinajstić information content (AvgIpc) is 2.20. The molecule has 29 heteroatoms. The normalized spacial score (nSPS) is 5.79. The molecule has 0 aliphatic heterocycles. The van der Waals surface area contributed by atoms with E-state index < -0.39 is 35.6 Å². The first kappa shape index (κ1) is 49.6. The van der Waals surface area contributed by atoms with E-state index in [0.29, 0.717) is 0 Å². The standard InChI is InChI=1S/7NO3.Re/c7*2-1(3)4;/q7*-1;+7. The Balaban J connectivity index is -0.0000000294. The van der Waals surface area contributed by atoms with Crippen LogP contribution in [-0.2, 0) is 20.4 Å². The van der Waals surface area contributed by atoms with Crippen LogP contribution in [0.5, 0.6) is 0 Å². The Kier molecular flexibility index (Phi) is 74.4. The molecule has 0 N–H and O–H groups in total. The van der Waals surface area contributed by atoms with Gasteiger partial charge in [-0.2, -0.15) is 0 Å². The van der Waals surface area contributed by atoms with Gasteiger partial charge in [-0.05, 0) is 0 Å². The zero-order chi connectivity index (χ0) is 25.0. The molecule has 28 nitrogen and oxygen atoms in total. The van der Waals surface area contributed by atoms with E-state index in [-0.39, 0.29) is 20.4 Å². The molecule has 0 amide bonds. The molecular formula is N7O21Re. The summed E-state index contributed by atoms with van der Waals surface area (Å²) in [5.41, 5.74) is 0. The topological polar surface area (TPSA) is 463 Å². The minimum absolute atomic E-state index is 0. The van der Waals surface area contributed by atoms with E-state index >= 15 is 0 Å². The van der Waals surface area contributed by atoms with Crippen LogP contribution in [0.25, 0.3) is 0 Å². The minimum Gasteiger partial charge on any atom is -0.356 e. The second-order valence-electron chi connectivity index (χ2n) is 1.57. The molecule has 0 unspecified atom stereocenters. The second kappa shape index (κ2) is 43.5. The van der Waals surface area contributed by atoms with Crippen LogP contribution in [0, 0.1) is 107 Å². The number of rotatable bonds is 0. The monoisotopic (exact) mass is 621 g/mol. The Bertz CT molecular complexity index is 308. The van der Waals surface area contributed by atoms with E-state index in [1.807, 2.05) is 0 Å². The molecule has 0 aliphatic rings. The van der Waals surface area contributed by atoms with Crippen molar-refractivity contribution < 1.29 is 56.0 Å². The fourth-order valence-electron chi connectivity index (χ4n) is 0. The van der Waals surface area contributed by atoms with Gasteiger partial charge in [-0.25, -0.2) is 0 Å². The molecule has 0 fully saturated rings. The molecule has 0 rings (SSSR count). The Hall–Kier alpha value is -4.94. The Labute approximate surface area is 164 Å². The molecule has 0 spiro atoms. The summed E-state index contributed by atoms with van der Waals surface area (Å²) in [7, 11) is 0. The average molecular weight is 620 g/mol. The summed E-state index contributed by atoms with van der Waals surface area (Å²) in [6, 6.07) is 0. The molecule has 0 atom stereocenters. The molecule has 0 bridgehead atoms. The van der Waals surface area contributed by atoms with E-state index in [2.05, 4.69) is 0 Å². The van der Waals surface area contributed by atoms with Gasteiger partial charge in [-0.15, -0.1) is 0 Å². The quantitative estimate of drug-likeness (QED) is 0.215. The van der Waals surface area contributed by atoms with Crippen LogP contribution < -0.4 is 0 Å². The van der Waals surface area contributed by atoms with Gasteiger partial charge in [0.1, 0.15) is 0 Å². The van der Waals surface area contributed by atoms with Crippen molar-refractivity contribution in [3.05, 3.63) is 107 Å². The molecule has 0 radical (unpaired) electrons. The van der Waals surface area contributed by atoms with Crippen LogP contribution in [0.3, 0.4) is 0 Å². The SMILES string of the molecule is O=[N+]([O-])[O-].O=[N+]([O-])[O-].O=[N+]([O-])[O-].O=[N+]([O-])[O-].O=[N+]([O-])[O-].O=[N+]([O-])[O-].O=[N+]([O-])[O-].[Re+7]. The molecule has 0 saturated heterocycles. The van der Waals surface area contributed by atoms with Crippen LogP contribution >= 0.6 is 0 Å². The van der Waals surface area contributed by atoms with Gasteiger partial charge in [-0.1, -0.05) is 0 Å². The molecule has 0 aromatic heterocycles. The van der Waals surface area contributed by atoms with Crippen molar-refractivity contribution in [2.24, 2.45) is 0 Å². The van der Waals surface area contributed by atoms with E-state index in [1.165, 1.54) is 0 Å². The number of hydrogen-bond acceptors (Lipinski definition) is 21. The molecule has 29 heavy (non-hydrogen) atoms. The molecule has 0 aromatic carbocycles. The van der Waals surface area contributed by atoms with Gasteiger partial charge in [0.15, 0.2) is 0 Å². The molecule has 0 aliphatic carbocycles. The molecular weight excluding hydrogens is 620 g/mol. The first-order valence-corrected chi connectivity index (χ1v) is 3.83. The smallest absolute Gasteiger partial charge is 0.356 e. The van der Waals surface area contributed by atoms with Crippen molar-refractivity contribution in [1.82, 2.24) is 0 Å². The maximum absolute atomic E-state index is 8.25. The molecule has 168 valence electrons. The van der Waals surface area contributed by atoms with Crippen molar-refractivity contribution >= 4 is 0 Å². The van der Waals surface area contributed by atoms with Crippen LogP contribution in [0.1, 0.15) is 0 Å². The molecule has 0 saturated carbocycles. The van der Waals surface area contributed by atoms with Crippen molar-refractivity contribution in [3.8, 4) is 0 Å². The van der Waals surface area contributed by atoms with E-state index in [4.69, 9.17) is 107 Å². The van der Waals surface area contributed by atoms with Gasteiger partial charge in [0.2, 0.25) is 0 Å². The van der Waals surface area contributed by atoms with Crippen LogP contribution in [0.15, 0.2) is 0 Å².